The quantitative estimate of drug-likeness (QED) is 0.599. The third-order valence-electron chi connectivity index (χ3n) is 10.8. The Morgan fingerprint density at radius 1 is 0.938 bits per heavy atom. The minimum atomic E-state index is -0.376. The number of nitrogens with one attached hydrogen (secondary N) is 1. The minimum Gasteiger partial charge on any atom is -0.394 e. The zero-order valence-electron chi connectivity index (χ0n) is 19.7. The highest BCUT2D eigenvalue weighted by molar-refractivity contribution is 5.80. The Morgan fingerprint density at radius 3 is 2.22 bits per heavy atom. The molecule has 5 heteroatoms. The molecule has 5 aliphatic carbocycles. The van der Waals surface area contributed by atoms with E-state index in [1.54, 1.807) is 0 Å². The van der Waals surface area contributed by atoms with Crippen molar-refractivity contribution in [2.45, 2.75) is 114 Å². The molecule has 178 valence electrons. The van der Waals surface area contributed by atoms with Gasteiger partial charge in [-0.25, -0.2) is 0 Å². The van der Waals surface area contributed by atoms with Gasteiger partial charge in [0.15, 0.2) is 0 Å². The summed E-state index contributed by atoms with van der Waals surface area (Å²) in [6, 6.07) is 0.921. The second-order valence-corrected chi connectivity index (χ2v) is 12.9. The summed E-state index contributed by atoms with van der Waals surface area (Å²) < 4.78 is 0. The van der Waals surface area contributed by atoms with Gasteiger partial charge in [-0.15, -0.1) is 0 Å². The molecule has 1 amide bonds. The molecule has 3 unspecified atom stereocenters. The van der Waals surface area contributed by atoms with Gasteiger partial charge >= 0.3 is 0 Å². The zero-order chi connectivity index (χ0) is 21.9. The molecule has 2 heterocycles. The predicted molar refractivity (Wildman–Crippen MR) is 123 cm³/mol. The van der Waals surface area contributed by atoms with Crippen molar-refractivity contribution in [1.82, 2.24) is 10.2 Å². The summed E-state index contributed by atoms with van der Waals surface area (Å²) in [5, 5.41) is 13.0. The van der Waals surface area contributed by atoms with E-state index in [1.807, 2.05) is 0 Å². The van der Waals surface area contributed by atoms with E-state index in [0.29, 0.717) is 35.7 Å². The van der Waals surface area contributed by atoms with Gasteiger partial charge in [-0.2, -0.15) is 0 Å². The van der Waals surface area contributed by atoms with Gasteiger partial charge in [-0.05, 0) is 99.7 Å². The van der Waals surface area contributed by atoms with E-state index >= 15 is 0 Å². The van der Waals surface area contributed by atoms with Crippen molar-refractivity contribution in [1.29, 1.82) is 0 Å². The van der Waals surface area contributed by atoms with Crippen LogP contribution < -0.4 is 5.32 Å². The van der Waals surface area contributed by atoms with Crippen LogP contribution >= 0.6 is 0 Å². The zero-order valence-corrected chi connectivity index (χ0v) is 19.7. The lowest BCUT2D eigenvalue weighted by Gasteiger charge is -2.39. The third kappa shape index (κ3) is 3.76. The van der Waals surface area contributed by atoms with Crippen molar-refractivity contribution in [3.8, 4) is 0 Å². The first-order valence-electron chi connectivity index (χ1n) is 13.7. The monoisotopic (exact) mass is 442 g/mol. The summed E-state index contributed by atoms with van der Waals surface area (Å²) >= 11 is 0. The van der Waals surface area contributed by atoms with E-state index < -0.39 is 0 Å². The van der Waals surface area contributed by atoms with Crippen LogP contribution in [0.3, 0.4) is 0 Å². The number of hydrogen-bond acceptors (Lipinski definition) is 4. The Bertz CT molecular complexity index is 732. The van der Waals surface area contributed by atoms with E-state index in [1.165, 1.54) is 44.9 Å². The molecule has 32 heavy (non-hydrogen) atoms. The fourth-order valence-electron chi connectivity index (χ4n) is 9.73. The standard InChI is InChI=1S/C27H42N2O3/c30-17-27(5-1-2-6-27)28-25(32)16-29-22-3-4-23(29)11-18(10-22)12-24(31)15-26-13-19-7-20(14-26)9-21(26)8-19/h18-23,30H,1-17H2,(H,28,32)/t18?,19?,20?,21?,22-,23+,26?. The first kappa shape index (κ1) is 21.6. The Kier molecular flexibility index (Phi) is 5.45. The van der Waals surface area contributed by atoms with Crippen LogP contribution in [0.25, 0.3) is 0 Å². The molecule has 5 saturated carbocycles. The van der Waals surface area contributed by atoms with Gasteiger partial charge in [0.2, 0.25) is 5.91 Å². The summed E-state index contributed by atoms with van der Waals surface area (Å²) in [5.74, 6) is 3.86. The van der Waals surface area contributed by atoms with Crippen molar-refractivity contribution in [3.63, 3.8) is 0 Å². The Morgan fingerprint density at radius 2 is 1.59 bits per heavy atom. The van der Waals surface area contributed by atoms with Gasteiger partial charge in [0.05, 0.1) is 18.7 Å². The molecule has 7 rings (SSSR count). The molecule has 0 radical (unpaired) electrons. The van der Waals surface area contributed by atoms with Crippen molar-refractivity contribution >= 4 is 11.7 Å². The molecule has 0 aromatic carbocycles. The average Bonchev–Trinajstić information content (AvgIpc) is 3.42. The molecule has 2 aliphatic heterocycles. The minimum absolute atomic E-state index is 0.0552. The smallest absolute Gasteiger partial charge is 0.234 e. The van der Waals surface area contributed by atoms with E-state index in [-0.39, 0.29) is 18.1 Å². The maximum atomic E-state index is 13.2. The Hall–Kier alpha value is -0.940. The Balaban J connectivity index is 1.01. The van der Waals surface area contributed by atoms with Crippen LogP contribution in [0.2, 0.25) is 0 Å². The molecule has 0 aromatic rings. The number of hydrogen-bond donors (Lipinski definition) is 2. The fourth-order valence-corrected chi connectivity index (χ4v) is 9.73. The topological polar surface area (TPSA) is 69.6 Å². The van der Waals surface area contributed by atoms with Crippen LogP contribution in [0, 0.1) is 29.1 Å². The lowest BCUT2D eigenvalue weighted by Crippen LogP contribution is -2.54. The molecule has 2 saturated heterocycles. The van der Waals surface area contributed by atoms with Crippen LogP contribution in [0.4, 0.5) is 0 Å². The highest BCUT2D eigenvalue weighted by Gasteiger charge is 2.58. The van der Waals surface area contributed by atoms with Gasteiger partial charge in [-0.1, -0.05) is 12.8 Å². The third-order valence-corrected chi connectivity index (χ3v) is 10.8. The molecule has 7 aliphatic rings. The number of nitrogens with zero attached hydrogens (tertiary/aromatic N) is 1. The largest absolute Gasteiger partial charge is 0.394 e. The summed E-state index contributed by atoms with van der Waals surface area (Å²) in [4.78, 5) is 28.4. The molecule has 5 atom stereocenters. The second kappa shape index (κ2) is 8.08. The molecule has 5 nitrogen and oxygen atoms in total. The average molecular weight is 443 g/mol. The summed E-state index contributed by atoms with van der Waals surface area (Å²) in [7, 11) is 0. The van der Waals surface area contributed by atoms with E-state index in [4.69, 9.17) is 0 Å². The molecule has 0 aromatic heterocycles. The first-order chi connectivity index (χ1) is 15.5. The maximum absolute atomic E-state index is 13.2. The number of ketones is 1. The van der Waals surface area contributed by atoms with Crippen LogP contribution in [0.5, 0.6) is 0 Å². The van der Waals surface area contributed by atoms with Gasteiger partial charge in [0.1, 0.15) is 5.78 Å². The molecular weight excluding hydrogens is 400 g/mol. The number of rotatable bonds is 8. The summed E-state index contributed by atoms with van der Waals surface area (Å²) in [6.45, 7) is 0.519. The van der Waals surface area contributed by atoms with Crippen molar-refractivity contribution in [2.24, 2.45) is 29.1 Å². The van der Waals surface area contributed by atoms with E-state index in [9.17, 15) is 14.7 Å². The normalized spacial score (nSPS) is 43.8. The Labute approximate surface area is 193 Å². The van der Waals surface area contributed by atoms with Crippen molar-refractivity contribution < 1.29 is 14.7 Å². The van der Waals surface area contributed by atoms with Gasteiger partial charge < -0.3 is 10.4 Å². The number of carbonyl (C=O) groups excluding carboxylic acids is 2. The lowest BCUT2D eigenvalue weighted by atomic mass is 9.71. The predicted octanol–water partition coefficient (Wildman–Crippen LogP) is 3.83. The number of aliphatic hydroxyl groups is 1. The highest BCUT2D eigenvalue weighted by atomic mass is 16.3. The van der Waals surface area contributed by atoms with E-state index in [0.717, 1.165) is 69.1 Å². The van der Waals surface area contributed by atoms with Crippen LogP contribution in [0.1, 0.15) is 96.3 Å². The molecular formula is C27H42N2O3. The van der Waals surface area contributed by atoms with Gasteiger partial charge in [-0.3, -0.25) is 14.5 Å². The first-order valence-corrected chi connectivity index (χ1v) is 13.7. The van der Waals surface area contributed by atoms with Crippen LogP contribution in [-0.2, 0) is 9.59 Å². The lowest BCUT2D eigenvalue weighted by molar-refractivity contribution is -0.127. The number of amides is 1. The number of fused-ring (bicyclic) bond motifs is 2. The van der Waals surface area contributed by atoms with E-state index in [2.05, 4.69) is 10.2 Å². The molecule has 7 fully saturated rings. The van der Waals surface area contributed by atoms with Crippen LogP contribution in [-0.4, -0.2) is 52.5 Å². The molecule has 2 N–H and O–H groups in total. The summed E-state index contributed by atoms with van der Waals surface area (Å²) in [6.07, 6.45) is 17.1. The van der Waals surface area contributed by atoms with Gasteiger partial charge in [0.25, 0.3) is 0 Å². The van der Waals surface area contributed by atoms with Crippen LogP contribution in [0.15, 0.2) is 0 Å². The maximum Gasteiger partial charge on any atom is 0.234 e. The summed E-state index contributed by atoms with van der Waals surface area (Å²) in [5.41, 5.74) is 0.0184. The SMILES string of the molecule is O=C(CC1C[C@H]2CC[C@@H](C1)N2CC(=O)NC1(CO)CCCC1)CC12CC3CC(CC1C3)C2. The van der Waals surface area contributed by atoms with Crippen molar-refractivity contribution in [3.05, 3.63) is 0 Å². The molecule has 0 spiro atoms. The number of carbonyl (C=O) groups is 2. The highest BCUT2D eigenvalue weighted by Crippen LogP contribution is 2.66. The van der Waals surface area contributed by atoms with Gasteiger partial charge in [0, 0.05) is 24.9 Å². The van der Waals surface area contributed by atoms with Crippen molar-refractivity contribution in [2.75, 3.05) is 13.2 Å². The number of Topliss-reactive ketones (excluding diaryl/α,β-unsaturated/α-hetero) is 1. The molecule has 6 bridgehead atoms. The second-order valence-electron chi connectivity index (χ2n) is 12.9. The number of piperidine rings is 1. The fraction of sp³-hybridized carbons (Fsp3) is 0.926. The number of aliphatic hydroxyl groups excluding tert-OH is 1.